The summed E-state index contributed by atoms with van der Waals surface area (Å²) in [4.78, 5) is 4.97. The van der Waals surface area contributed by atoms with Crippen LogP contribution in [0, 0.1) is 17.0 Å². The molecule has 194 valence electrons. The maximum atomic E-state index is 14.5. The molecule has 0 saturated heterocycles. The van der Waals surface area contributed by atoms with E-state index < -0.39 is 27.1 Å². The fraction of sp³-hybridized carbons (Fsp3) is 0.296. The topological polar surface area (TPSA) is 111 Å². The number of halogens is 2. The second kappa shape index (κ2) is 8.32. The average molecular weight is 535 g/mol. The van der Waals surface area contributed by atoms with Gasteiger partial charge in [0, 0.05) is 0 Å². The third kappa shape index (κ3) is 3.59. The van der Waals surface area contributed by atoms with Crippen molar-refractivity contribution in [2.75, 3.05) is 11.0 Å². The van der Waals surface area contributed by atoms with E-state index in [0.717, 1.165) is 36.0 Å². The first-order valence-corrected chi connectivity index (χ1v) is 14.0. The SMILES string of the molecule is CC1(C)[C@H]2CC[C@]1(c1cccc(-c3ccc(NS(C)(=O)=O)nn3)n1)c1nnc(-c3c(F)cccc3F)cc12. The molecular formula is C27H24F2N6O2S. The highest BCUT2D eigenvalue weighted by atomic mass is 32.2. The lowest BCUT2D eigenvalue weighted by Crippen LogP contribution is -2.37. The highest BCUT2D eigenvalue weighted by Crippen LogP contribution is 2.69. The number of benzene rings is 1. The highest BCUT2D eigenvalue weighted by Gasteiger charge is 2.65. The van der Waals surface area contributed by atoms with E-state index >= 15 is 0 Å². The minimum atomic E-state index is -3.47. The molecule has 11 heteroatoms. The van der Waals surface area contributed by atoms with Gasteiger partial charge in [-0.2, -0.15) is 5.10 Å². The van der Waals surface area contributed by atoms with Crippen molar-refractivity contribution in [1.29, 1.82) is 0 Å². The first-order chi connectivity index (χ1) is 18.0. The molecular weight excluding hydrogens is 510 g/mol. The van der Waals surface area contributed by atoms with Gasteiger partial charge in [0.1, 0.15) is 17.3 Å². The molecule has 3 heterocycles. The van der Waals surface area contributed by atoms with Crippen molar-refractivity contribution in [3.05, 3.63) is 83.2 Å². The normalized spacial score (nSPS) is 21.3. The fourth-order valence-corrected chi connectivity index (χ4v) is 6.77. The van der Waals surface area contributed by atoms with Gasteiger partial charge in [0.05, 0.1) is 40.0 Å². The number of fused-ring (bicyclic) bond motifs is 5. The largest absolute Gasteiger partial charge is 0.266 e. The van der Waals surface area contributed by atoms with Gasteiger partial charge in [-0.3, -0.25) is 9.71 Å². The molecule has 1 N–H and O–H groups in total. The summed E-state index contributed by atoms with van der Waals surface area (Å²) in [6.45, 7) is 4.35. The van der Waals surface area contributed by atoms with Crippen LogP contribution in [0.1, 0.15) is 49.6 Å². The first kappa shape index (κ1) is 24.5. The summed E-state index contributed by atoms with van der Waals surface area (Å²) in [5.41, 5.74) is 2.78. The third-order valence-corrected chi connectivity index (χ3v) is 8.58. The number of sulfonamides is 1. The Morgan fingerprint density at radius 3 is 2.29 bits per heavy atom. The Morgan fingerprint density at radius 1 is 0.895 bits per heavy atom. The van der Waals surface area contributed by atoms with Crippen LogP contribution in [-0.2, 0) is 15.4 Å². The van der Waals surface area contributed by atoms with Crippen LogP contribution in [0.3, 0.4) is 0 Å². The molecule has 8 nitrogen and oxygen atoms in total. The van der Waals surface area contributed by atoms with Gasteiger partial charge in [-0.1, -0.05) is 26.0 Å². The third-order valence-electron chi connectivity index (χ3n) is 8.00. The number of rotatable bonds is 5. The Hall–Kier alpha value is -3.86. The molecule has 1 saturated carbocycles. The van der Waals surface area contributed by atoms with Crippen molar-refractivity contribution in [2.24, 2.45) is 5.41 Å². The Morgan fingerprint density at radius 2 is 1.61 bits per heavy atom. The summed E-state index contributed by atoms with van der Waals surface area (Å²) < 4.78 is 54.3. The summed E-state index contributed by atoms with van der Waals surface area (Å²) in [5.74, 6) is -1.12. The first-order valence-electron chi connectivity index (χ1n) is 12.1. The second-order valence-electron chi connectivity index (χ2n) is 10.4. The van der Waals surface area contributed by atoms with Crippen molar-refractivity contribution >= 4 is 15.8 Å². The van der Waals surface area contributed by atoms with Crippen LogP contribution in [0.25, 0.3) is 22.6 Å². The molecule has 1 fully saturated rings. The maximum absolute atomic E-state index is 14.5. The van der Waals surface area contributed by atoms with Gasteiger partial charge in [-0.25, -0.2) is 17.2 Å². The molecule has 3 aromatic heterocycles. The van der Waals surface area contributed by atoms with Crippen LogP contribution in [-0.4, -0.2) is 40.1 Å². The van der Waals surface area contributed by atoms with Gasteiger partial charge in [0.2, 0.25) is 10.0 Å². The number of hydrogen-bond acceptors (Lipinski definition) is 7. The number of hydrogen-bond donors (Lipinski definition) is 1. The van der Waals surface area contributed by atoms with Gasteiger partial charge < -0.3 is 0 Å². The quantitative estimate of drug-likeness (QED) is 0.390. The Bertz CT molecular complexity index is 1670. The van der Waals surface area contributed by atoms with E-state index in [4.69, 9.17) is 4.98 Å². The lowest BCUT2D eigenvalue weighted by molar-refractivity contribution is 0.243. The zero-order valence-electron chi connectivity index (χ0n) is 20.9. The van der Waals surface area contributed by atoms with Crippen LogP contribution < -0.4 is 4.72 Å². The number of pyridine rings is 1. The maximum Gasteiger partial charge on any atom is 0.231 e. The van der Waals surface area contributed by atoms with E-state index in [2.05, 4.69) is 39.0 Å². The second-order valence-corrected chi connectivity index (χ2v) is 12.2. The lowest BCUT2D eigenvalue weighted by Gasteiger charge is -2.37. The molecule has 2 aliphatic rings. The molecule has 38 heavy (non-hydrogen) atoms. The zero-order chi connectivity index (χ0) is 26.9. The predicted molar refractivity (Wildman–Crippen MR) is 138 cm³/mol. The van der Waals surface area contributed by atoms with Crippen LogP contribution in [0.5, 0.6) is 0 Å². The van der Waals surface area contributed by atoms with E-state index in [9.17, 15) is 17.2 Å². The van der Waals surface area contributed by atoms with Gasteiger partial charge in [0.25, 0.3) is 0 Å². The predicted octanol–water partition coefficient (Wildman–Crippen LogP) is 4.85. The van der Waals surface area contributed by atoms with Crippen molar-refractivity contribution in [1.82, 2.24) is 25.4 Å². The van der Waals surface area contributed by atoms with Crippen LogP contribution >= 0.6 is 0 Å². The minimum absolute atomic E-state index is 0.118. The summed E-state index contributed by atoms with van der Waals surface area (Å²) in [6.07, 6.45) is 2.73. The van der Waals surface area contributed by atoms with E-state index in [0.29, 0.717) is 11.4 Å². The molecule has 2 atom stereocenters. The van der Waals surface area contributed by atoms with Crippen LogP contribution in [0.15, 0.2) is 54.6 Å². The van der Waals surface area contributed by atoms with Gasteiger partial charge >= 0.3 is 0 Å². The van der Waals surface area contributed by atoms with Gasteiger partial charge in [-0.05, 0) is 72.2 Å². The van der Waals surface area contributed by atoms with Gasteiger partial charge in [0.15, 0.2) is 5.82 Å². The van der Waals surface area contributed by atoms with Crippen molar-refractivity contribution in [3.63, 3.8) is 0 Å². The number of nitrogens with zero attached hydrogens (tertiary/aromatic N) is 5. The molecule has 2 bridgehead atoms. The van der Waals surface area contributed by atoms with Gasteiger partial charge in [-0.15, -0.1) is 15.3 Å². The van der Waals surface area contributed by atoms with E-state index in [1.165, 1.54) is 24.3 Å². The Kier molecular flexibility index (Phi) is 5.36. The Balaban J connectivity index is 1.43. The van der Waals surface area contributed by atoms with Crippen LogP contribution in [0.4, 0.5) is 14.6 Å². The van der Waals surface area contributed by atoms with E-state index in [1.54, 1.807) is 12.1 Å². The lowest BCUT2D eigenvalue weighted by atomic mass is 9.66. The van der Waals surface area contributed by atoms with E-state index in [-0.39, 0.29) is 28.4 Å². The molecule has 4 aromatic rings. The van der Waals surface area contributed by atoms with Crippen LogP contribution in [0.2, 0.25) is 0 Å². The molecule has 6 rings (SSSR count). The average Bonchev–Trinajstić information content (AvgIpc) is 3.24. The molecule has 0 amide bonds. The van der Waals surface area contributed by atoms with E-state index in [1.807, 2.05) is 18.2 Å². The van der Waals surface area contributed by atoms with Crippen molar-refractivity contribution < 1.29 is 17.2 Å². The number of aromatic nitrogens is 5. The molecule has 0 radical (unpaired) electrons. The summed E-state index contributed by atoms with van der Waals surface area (Å²) >= 11 is 0. The number of nitrogens with one attached hydrogen (secondary N) is 1. The van der Waals surface area contributed by atoms with Crippen molar-refractivity contribution in [2.45, 2.75) is 38.0 Å². The molecule has 2 aliphatic carbocycles. The Labute approximate surface area is 218 Å². The minimum Gasteiger partial charge on any atom is -0.266 e. The molecule has 0 aliphatic heterocycles. The molecule has 0 unspecified atom stereocenters. The fourth-order valence-electron chi connectivity index (χ4n) is 6.29. The smallest absolute Gasteiger partial charge is 0.231 e. The highest BCUT2D eigenvalue weighted by molar-refractivity contribution is 7.92. The number of anilines is 1. The monoisotopic (exact) mass is 534 g/mol. The van der Waals surface area contributed by atoms with Crippen molar-refractivity contribution in [3.8, 4) is 22.6 Å². The molecule has 0 spiro atoms. The molecule has 1 aromatic carbocycles. The zero-order valence-corrected chi connectivity index (χ0v) is 21.7. The summed E-state index contributed by atoms with van der Waals surface area (Å²) in [7, 11) is -3.47. The summed E-state index contributed by atoms with van der Waals surface area (Å²) in [6, 6.07) is 14.4. The summed E-state index contributed by atoms with van der Waals surface area (Å²) in [5, 5.41) is 17.0. The standard InChI is InChI=1S/C27H24F2N6O2S/c1-26(2)16-12-13-27(26,25-15(16)14-21(32-34-25)24-17(28)6-4-7-18(24)29)22-9-5-8-19(30-22)20-10-11-23(33-31-20)35-38(3,36)37/h4-11,14,16H,12-13H2,1-3H3,(H,33,35)/t16-,27-/m0/s1.